The molecule has 0 aliphatic rings. The van der Waals surface area contributed by atoms with Gasteiger partial charge >= 0.3 is 0 Å². The summed E-state index contributed by atoms with van der Waals surface area (Å²) in [5.74, 6) is 0. The van der Waals surface area contributed by atoms with Gasteiger partial charge in [-0.05, 0) is 94.5 Å². The maximum absolute atomic E-state index is 6.90. The molecule has 0 aliphatic carbocycles. The van der Waals surface area contributed by atoms with Crippen molar-refractivity contribution in [1.82, 2.24) is 4.57 Å². The number of nitrogens with zero attached hydrogens (tertiary/aromatic N) is 2. The quantitative estimate of drug-likeness (QED) is 0.167. The van der Waals surface area contributed by atoms with Gasteiger partial charge < -0.3 is 13.9 Å². The minimum atomic E-state index is 0.885. The minimum absolute atomic E-state index is 0.885. The molecule has 0 amide bonds. The Morgan fingerprint density at radius 1 is 0.358 bits per heavy atom. The van der Waals surface area contributed by atoms with E-state index < -0.39 is 0 Å². The molecule has 0 N–H and O–H groups in total. The number of aromatic nitrogens is 1. The Morgan fingerprint density at radius 2 is 0.868 bits per heavy atom. The monoisotopic (exact) mass is 678 g/mol. The predicted octanol–water partition coefficient (Wildman–Crippen LogP) is 14.0. The van der Waals surface area contributed by atoms with E-state index in [-0.39, 0.29) is 0 Å². The van der Waals surface area contributed by atoms with Gasteiger partial charge in [-0.2, -0.15) is 0 Å². The molecule has 0 fully saturated rings. The van der Waals surface area contributed by atoms with Crippen LogP contribution < -0.4 is 4.90 Å². The zero-order valence-corrected chi connectivity index (χ0v) is 28.9. The summed E-state index contributed by atoms with van der Waals surface area (Å²) < 4.78 is 9.23. The molecule has 3 heteroatoms. The Hall–Kier alpha value is -7.10. The third-order valence-electron chi connectivity index (χ3n) is 10.2. The first-order valence-electron chi connectivity index (χ1n) is 18.0. The van der Waals surface area contributed by atoms with E-state index in [1.165, 1.54) is 22.3 Å². The van der Waals surface area contributed by atoms with E-state index in [0.29, 0.717) is 0 Å². The summed E-state index contributed by atoms with van der Waals surface area (Å²) in [6.45, 7) is 0. The van der Waals surface area contributed by atoms with Crippen LogP contribution in [0.1, 0.15) is 0 Å². The van der Waals surface area contributed by atoms with Crippen molar-refractivity contribution >= 4 is 50.0 Å². The van der Waals surface area contributed by atoms with Gasteiger partial charge in [-0.3, -0.25) is 0 Å². The smallest absolute Gasteiger partial charge is 0.161 e. The van der Waals surface area contributed by atoms with E-state index in [1.54, 1.807) is 0 Å². The summed E-state index contributed by atoms with van der Waals surface area (Å²) in [4.78, 5) is 2.34. The van der Waals surface area contributed by atoms with Gasteiger partial charge in [0.1, 0.15) is 11.1 Å². The molecular formula is C50H34N2O. The molecule has 0 atom stereocenters. The zero-order valence-electron chi connectivity index (χ0n) is 28.9. The summed E-state index contributed by atoms with van der Waals surface area (Å²) in [5, 5.41) is 2.19. The first-order chi connectivity index (χ1) is 26.3. The highest BCUT2D eigenvalue weighted by Crippen LogP contribution is 2.44. The van der Waals surface area contributed by atoms with E-state index in [2.05, 4.69) is 216 Å². The van der Waals surface area contributed by atoms with Crippen molar-refractivity contribution in [3.63, 3.8) is 0 Å². The summed E-state index contributed by atoms with van der Waals surface area (Å²) in [5.41, 5.74) is 15.3. The molecule has 8 aromatic carbocycles. The van der Waals surface area contributed by atoms with Gasteiger partial charge in [-0.25, -0.2) is 0 Å². The minimum Gasteiger partial charge on any atom is -0.453 e. The summed E-state index contributed by atoms with van der Waals surface area (Å²) in [6, 6.07) is 73.1. The SMILES string of the molecule is c1ccc(-c2ccc(N(c3ccc(-c4ccccc4)cc3)c3cccc(-c4cccc5c4oc4c6ccccc6n(-c6ccccc6)c54)c3)cc2)cc1. The van der Waals surface area contributed by atoms with Crippen LogP contribution in [0.2, 0.25) is 0 Å². The standard InChI is InChI=1S/C50H34N2O/c1-4-14-35(15-5-1)37-26-30-41(31-27-37)51(42-32-28-38(29-33-42)36-16-6-2-7-17-36)43-21-12-18-39(34-43)44-23-13-24-46-48-50(53-49(44)46)45-22-10-11-25-47(45)52(48)40-19-8-3-9-20-40/h1-34H. The molecular weight excluding hydrogens is 645 g/mol. The van der Waals surface area contributed by atoms with Gasteiger partial charge in [0.25, 0.3) is 0 Å². The van der Waals surface area contributed by atoms with Crippen molar-refractivity contribution < 1.29 is 4.42 Å². The molecule has 250 valence electrons. The van der Waals surface area contributed by atoms with Crippen LogP contribution in [-0.2, 0) is 0 Å². The lowest BCUT2D eigenvalue weighted by Gasteiger charge is -2.26. The maximum Gasteiger partial charge on any atom is 0.161 e. The third-order valence-corrected chi connectivity index (χ3v) is 10.2. The molecule has 0 bridgehead atoms. The number of rotatable bonds is 7. The molecule has 53 heavy (non-hydrogen) atoms. The Kier molecular flexibility index (Phi) is 7.47. The Morgan fingerprint density at radius 3 is 1.51 bits per heavy atom. The van der Waals surface area contributed by atoms with Crippen LogP contribution >= 0.6 is 0 Å². The van der Waals surface area contributed by atoms with E-state index in [9.17, 15) is 0 Å². The fourth-order valence-corrected chi connectivity index (χ4v) is 7.69. The van der Waals surface area contributed by atoms with Gasteiger partial charge in [0.05, 0.1) is 5.52 Å². The molecule has 0 unspecified atom stereocenters. The van der Waals surface area contributed by atoms with Crippen LogP contribution in [0.3, 0.4) is 0 Å². The highest BCUT2D eigenvalue weighted by Gasteiger charge is 2.22. The lowest BCUT2D eigenvalue weighted by atomic mass is 10.0. The van der Waals surface area contributed by atoms with Crippen molar-refractivity contribution in [3.8, 4) is 39.1 Å². The largest absolute Gasteiger partial charge is 0.453 e. The van der Waals surface area contributed by atoms with Gasteiger partial charge in [0.15, 0.2) is 5.58 Å². The van der Waals surface area contributed by atoms with Crippen LogP contribution in [-0.4, -0.2) is 4.57 Å². The van der Waals surface area contributed by atoms with Gasteiger partial charge in [0.2, 0.25) is 0 Å². The number of hydrogen-bond donors (Lipinski definition) is 0. The first-order valence-corrected chi connectivity index (χ1v) is 18.0. The second-order valence-corrected chi connectivity index (χ2v) is 13.4. The molecule has 10 aromatic rings. The molecule has 0 saturated carbocycles. The highest BCUT2D eigenvalue weighted by atomic mass is 16.3. The number of para-hydroxylation sites is 3. The topological polar surface area (TPSA) is 21.3 Å². The van der Waals surface area contributed by atoms with Crippen LogP contribution in [0.15, 0.2) is 211 Å². The lowest BCUT2D eigenvalue weighted by Crippen LogP contribution is -2.10. The summed E-state index contributed by atoms with van der Waals surface area (Å²) >= 11 is 0. The fourth-order valence-electron chi connectivity index (χ4n) is 7.69. The van der Waals surface area contributed by atoms with E-state index in [0.717, 1.165) is 66.8 Å². The zero-order chi connectivity index (χ0) is 35.1. The molecule has 0 radical (unpaired) electrons. The number of fused-ring (bicyclic) bond motifs is 5. The Labute approximate surface area is 308 Å². The molecule has 10 rings (SSSR count). The van der Waals surface area contributed by atoms with Crippen LogP contribution in [0, 0.1) is 0 Å². The summed E-state index contributed by atoms with van der Waals surface area (Å²) in [7, 11) is 0. The van der Waals surface area contributed by atoms with Crippen molar-refractivity contribution in [3.05, 3.63) is 206 Å². The van der Waals surface area contributed by atoms with Gasteiger partial charge in [-0.15, -0.1) is 0 Å². The molecule has 0 spiro atoms. The van der Waals surface area contributed by atoms with Crippen LogP contribution in [0.4, 0.5) is 17.1 Å². The van der Waals surface area contributed by atoms with Crippen molar-refractivity contribution in [2.24, 2.45) is 0 Å². The Bertz CT molecular complexity index is 2770. The van der Waals surface area contributed by atoms with Crippen molar-refractivity contribution in [2.75, 3.05) is 4.90 Å². The van der Waals surface area contributed by atoms with Gasteiger partial charge in [0, 0.05) is 39.1 Å². The van der Waals surface area contributed by atoms with E-state index in [1.807, 2.05) is 0 Å². The molecule has 2 aromatic heterocycles. The average Bonchev–Trinajstić information content (AvgIpc) is 3.78. The molecule has 3 nitrogen and oxygen atoms in total. The second kappa shape index (κ2) is 12.9. The first kappa shape index (κ1) is 30.7. The van der Waals surface area contributed by atoms with Crippen LogP contribution in [0.25, 0.3) is 72.0 Å². The molecule has 0 aliphatic heterocycles. The Balaban J connectivity index is 1.12. The highest BCUT2D eigenvalue weighted by molar-refractivity contribution is 6.18. The second-order valence-electron chi connectivity index (χ2n) is 13.4. The molecule has 2 heterocycles. The average molecular weight is 679 g/mol. The number of benzene rings is 8. The van der Waals surface area contributed by atoms with E-state index >= 15 is 0 Å². The normalized spacial score (nSPS) is 11.4. The number of furan rings is 1. The van der Waals surface area contributed by atoms with Crippen LogP contribution in [0.5, 0.6) is 0 Å². The number of anilines is 3. The van der Waals surface area contributed by atoms with Crippen molar-refractivity contribution in [2.45, 2.75) is 0 Å². The fraction of sp³-hybridized carbons (Fsp3) is 0. The van der Waals surface area contributed by atoms with Crippen molar-refractivity contribution in [1.29, 1.82) is 0 Å². The molecule has 0 saturated heterocycles. The predicted molar refractivity (Wildman–Crippen MR) is 222 cm³/mol. The summed E-state index contributed by atoms with van der Waals surface area (Å²) in [6.07, 6.45) is 0. The lowest BCUT2D eigenvalue weighted by molar-refractivity contribution is 0.674. The van der Waals surface area contributed by atoms with Gasteiger partial charge in [-0.1, -0.05) is 140 Å². The third kappa shape index (κ3) is 5.38. The number of hydrogen-bond acceptors (Lipinski definition) is 2. The van der Waals surface area contributed by atoms with E-state index in [4.69, 9.17) is 4.42 Å². The maximum atomic E-state index is 6.90.